The van der Waals surface area contributed by atoms with Crippen molar-refractivity contribution >= 4 is 32.5 Å². The summed E-state index contributed by atoms with van der Waals surface area (Å²) in [7, 11) is -1.91. The smallest absolute Gasteiger partial charge is 0.240 e. The normalized spacial score (nSPS) is 14.1. The van der Waals surface area contributed by atoms with Crippen molar-refractivity contribution in [3.05, 3.63) is 54.2 Å². The van der Waals surface area contributed by atoms with Crippen molar-refractivity contribution in [2.75, 3.05) is 19.0 Å². The first-order valence-corrected chi connectivity index (χ1v) is 11.0. The zero-order valence-corrected chi connectivity index (χ0v) is 16.9. The molecule has 2 aromatic carbocycles. The highest BCUT2D eigenvalue weighted by atomic mass is 32.2. The molecular weight excluding hydrogens is 390 g/mol. The van der Waals surface area contributed by atoms with Crippen molar-refractivity contribution in [1.29, 1.82) is 0 Å². The van der Waals surface area contributed by atoms with Crippen molar-refractivity contribution in [2.45, 2.75) is 24.2 Å². The van der Waals surface area contributed by atoms with Crippen molar-refractivity contribution in [3.63, 3.8) is 0 Å². The molecule has 0 radical (unpaired) electrons. The molecule has 1 aliphatic rings. The van der Waals surface area contributed by atoms with Crippen LogP contribution in [0.2, 0.25) is 0 Å². The van der Waals surface area contributed by atoms with Gasteiger partial charge in [0.15, 0.2) is 0 Å². The number of carbonyl (C=O) groups is 1. The van der Waals surface area contributed by atoms with E-state index in [0.717, 1.165) is 35.1 Å². The molecule has 1 amide bonds. The van der Waals surface area contributed by atoms with Crippen LogP contribution in [0.5, 0.6) is 5.75 Å². The summed E-state index contributed by atoms with van der Waals surface area (Å²) in [6, 6.07) is 11.9. The van der Waals surface area contributed by atoms with E-state index in [2.05, 4.69) is 15.0 Å². The van der Waals surface area contributed by atoms with Gasteiger partial charge < -0.3 is 15.0 Å². The molecule has 0 bridgehead atoms. The van der Waals surface area contributed by atoms with E-state index < -0.39 is 10.0 Å². The van der Waals surface area contributed by atoms with E-state index in [4.69, 9.17) is 4.74 Å². The Hall–Kier alpha value is -2.84. The molecule has 8 heteroatoms. The van der Waals surface area contributed by atoms with Crippen molar-refractivity contribution in [3.8, 4) is 5.75 Å². The molecule has 29 heavy (non-hydrogen) atoms. The number of fused-ring (bicyclic) bond motifs is 1. The largest absolute Gasteiger partial charge is 0.497 e. The fraction of sp³-hybridized carbons (Fsp3) is 0.286. The minimum atomic E-state index is -3.51. The zero-order chi connectivity index (χ0) is 20.4. The molecule has 0 aliphatic heterocycles. The minimum Gasteiger partial charge on any atom is -0.497 e. The van der Waals surface area contributed by atoms with E-state index in [1.807, 2.05) is 24.4 Å². The Balaban J connectivity index is 1.41. The second-order valence-corrected chi connectivity index (χ2v) is 9.04. The van der Waals surface area contributed by atoms with Gasteiger partial charge in [-0.25, -0.2) is 13.1 Å². The molecule has 4 rings (SSSR count). The van der Waals surface area contributed by atoms with Gasteiger partial charge in [0.05, 0.1) is 18.4 Å². The van der Waals surface area contributed by atoms with Gasteiger partial charge in [-0.15, -0.1) is 0 Å². The molecule has 152 valence electrons. The summed E-state index contributed by atoms with van der Waals surface area (Å²) < 4.78 is 32.4. The third-order valence-corrected chi connectivity index (χ3v) is 6.47. The quantitative estimate of drug-likeness (QED) is 0.528. The van der Waals surface area contributed by atoms with Crippen LogP contribution in [-0.2, 0) is 21.2 Å². The third kappa shape index (κ3) is 4.60. The van der Waals surface area contributed by atoms with Gasteiger partial charge in [0, 0.05) is 29.3 Å². The molecular formula is C21H23N3O4S. The number of nitrogens with one attached hydrogen (secondary N) is 3. The Morgan fingerprint density at radius 2 is 1.93 bits per heavy atom. The molecule has 7 nitrogen and oxygen atoms in total. The van der Waals surface area contributed by atoms with Gasteiger partial charge in [-0.05, 0) is 66.8 Å². The van der Waals surface area contributed by atoms with E-state index in [0.29, 0.717) is 18.2 Å². The first kappa shape index (κ1) is 19.5. The standard InChI is InChI=1S/C21H23N3O4S/c1-28-17-6-9-20-19(11-17)15(13-22-20)10-21(25)24-16-4-7-18(8-5-16)29(26,27)23-12-14-2-3-14/h4-9,11,13-14,22-23H,2-3,10,12H2,1H3,(H,24,25). The van der Waals surface area contributed by atoms with Crippen LogP contribution in [0.1, 0.15) is 18.4 Å². The third-order valence-electron chi connectivity index (χ3n) is 5.03. The molecule has 1 fully saturated rings. The molecule has 0 atom stereocenters. The lowest BCUT2D eigenvalue weighted by Crippen LogP contribution is -2.25. The van der Waals surface area contributed by atoms with Gasteiger partial charge in [0.2, 0.25) is 15.9 Å². The van der Waals surface area contributed by atoms with Crippen LogP contribution in [-0.4, -0.2) is 33.0 Å². The van der Waals surface area contributed by atoms with Gasteiger partial charge in [-0.2, -0.15) is 0 Å². The molecule has 0 unspecified atom stereocenters. The average Bonchev–Trinajstić information content (AvgIpc) is 3.47. The summed E-state index contributed by atoms with van der Waals surface area (Å²) in [5, 5.41) is 3.75. The number of ether oxygens (including phenoxy) is 1. The van der Waals surface area contributed by atoms with Gasteiger partial charge in [0.25, 0.3) is 0 Å². The van der Waals surface area contributed by atoms with E-state index in [1.54, 1.807) is 19.2 Å². The van der Waals surface area contributed by atoms with E-state index in [-0.39, 0.29) is 17.2 Å². The van der Waals surface area contributed by atoms with Crippen LogP contribution in [0.4, 0.5) is 5.69 Å². The summed E-state index contributed by atoms with van der Waals surface area (Å²) in [6.07, 6.45) is 4.16. The molecule has 1 saturated carbocycles. The Morgan fingerprint density at radius 1 is 1.17 bits per heavy atom. The lowest BCUT2D eigenvalue weighted by atomic mass is 10.1. The number of hydrogen-bond acceptors (Lipinski definition) is 4. The van der Waals surface area contributed by atoms with Gasteiger partial charge in [-0.3, -0.25) is 4.79 Å². The molecule has 3 N–H and O–H groups in total. The number of amides is 1. The summed E-state index contributed by atoms with van der Waals surface area (Å²) in [5.41, 5.74) is 2.34. The lowest BCUT2D eigenvalue weighted by Gasteiger charge is -2.08. The number of anilines is 1. The highest BCUT2D eigenvalue weighted by Gasteiger charge is 2.24. The minimum absolute atomic E-state index is 0.184. The van der Waals surface area contributed by atoms with Crippen LogP contribution >= 0.6 is 0 Å². The van der Waals surface area contributed by atoms with Crippen LogP contribution in [0.3, 0.4) is 0 Å². The Labute approximate surface area is 169 Å². The van der Waals surface area contributed by atoms with Gasteiger partial charge in [-0.1, -0.05) is 0 Å². The topological polar surface area (TPSA) is 100 Å². The van der Waals surface area contributed by atoms with Gasteiger partial charge in [0.1, 0.15) is 5.75 Å². The Morgan fingerprint density at radius 3 is 2.62 bits per heavy atom. The molecule has 1 aromatic heterocycles. The monoisotopic (exact) mass is 413 g/mol. The average molecular weight is 413 g/mol. The maximum absolute atomic E-state index is 12.5. The fourth-order valence-corrected chi connectivity index (χ4v) is 4.28. The van der Waals surface area contributed by atoms with E-state index >= 15 is 0 Å². The fourth-order valence-electron chi connectivity index (χ4n) is 3.16. The number of benzene rings is 2. The van der Waals surface area contributed by atoms with E-state index in [1.165, 1.54) is 12.1 Å². The van der Waals surface area contributed by atoms with Gasteiger partial charge >= 0.3 is 0 Å². The second-order valence-electron chi connectivity index (χ2n) is 7.27. The van der Waals surface area contributed by atoms with Crippen LogP contribution < -0.4 is 14.8 Å². The van der Waals surface area contributed by atoms with Crippen LogP contribution in [0, 0.1) is 5.92 Å². The highest BCUT2D eigenvalue weighted by Crippen LogP contribution is 2.28. The first-order chi connectivity index (χ1) is 13.9. The highest BCUT2D eigenvalue weighted by molar-refractivity contribution is 7.89. The molecule has 3 aromatic rings. The van der Waals surface area contributed by atoms with Crippen molar-refractivity contribution in [2.24, 2.45) is 5.92 Å². The lowest BCUT2D eigenvalue weighted by molar-refractivity contribution is -0.115. The number of methoxy groups -OCH3 is 1. The Kier molecular flexibility index (Phi) is 5.29. The number of sulfonamides is 1. The van der Waals surface area contributed by atoms with Crippen molar-refractivity contribution < 1.29 is 17.9 Å². The first-order valence-electron chi connectivity index (χ1n) is 9.48. The predicted octanol–water partition coefficient (Wildman–Crippen LogP) is 3.05. The van der Waals surface area contributed by atoms with E-state index in [9.17, 15) is 13.2 Å². The maximum Gasteiger partial charge on any atom is 0.240 e. The SMILES string of the molecule is COc1ccc2[nH]cc(CC(=O)Nc3ccc(S(=O)(=O)NCC4CC4)cc3)c2c1. The summed E-state index contributed by atoms with van der Waals surface area (Å²) in [6.45, 7) is 0.482. The molecule has 0 spiro atoms. The number of rotatable bonds is 8. The Bertz CT molecular complexity index is 1130. The zero-order valence-electron chi connectivity index (χ0n) is 16.1. The maximum atomic E-state index is 12.5. The molecule has 0 saturated heterocycles. The number of aromatic amines is 1. The number of hydrogen-bond donors (Lipinski definition) is 3. The second kappa shape index (κ2) is 7.88. The summed E-state index contributed by atoms with van der Waals surface area (Å²) >= 11 is 0. The number of carbonyl (C=O) groups excluding carboxylic acids is 1. The van der Waals surface area contributed by atoms with Crippen LogP contribution in [0.15, 0.2) is 53.6 Å². The number of H-pyrrole nitrogens is 1. The molecule has 1 heterocycles. The van der Waals surface area contributed by atoms with Crippen molar-refractivity contribution in [1.82, 2.24) is 9.71 Å². The predicted molar refractivity (Wildman–Crippen MR) is 112 cm³/mol. The molecule has 1 aliphatic carbocycles. The van der Waals surface area contributed by atoms with Crippen LogP contribution in [0.25, 0.3) is 10.9 Å². The summed E-state index contributed by atoms with van der Waals surface area (Å²) in [4.78, 5) is 15.8. The summed E-state index contributed by atoms with van der Waals surface area (Å²) in [5.74, 6) is 1.01. The number of aromatic nitrogens is 1.